The molecule has 1 aliphatic rings. The maximum absolute atomic E-state index is 4.73. The number of fused-ring (bicyclic) bond motifs is 2. The number of anilines is 1. The Morgan fingerprint density at radius 2 is 2.00 bits per heavy atom. The molecule has 2 aromatic heterocycles. The summed E-state index contributed by atoms with van der Waals surface area (Å²) in [5.41, 5.74) is 2.11. The minimum Gasteiger partial charge on any atom is -0.360 e. The molecule has 0 radical (unpaired) electrons. The summed E-state index contributed by atoms with van der Waals surface area (Å²) in [5.74, 6) is 0.847. The molecular weight excluding hydrogens is 304 g/mol. The Bertz CT molecular complexity index is 965. The zero-order chi connectivity index (χ0) is 15.2. The van der Waals surface area contributed by atoms with Gasteiger partial charge in [0.2, 0.25) is 10.1 Å². The van der Waals surface area contributed by atoms with E-state index in [0.717, 1.165) is 33.8 Å². The topological polar surface area (TPSA) is 42.2 Å². The summed E-state index contributed by atoms with van der Waals surface area (Å²) in [7, 11) is 0. The maximum Gasteiger partial charge on any atom is 0.214 e. The first-order valence-electron chi connectivity index (χ1n) is 7.94. The first kappa shape index (κ1) is 13.1. The molecule has 0 spiro atoms. The van der Waals surface area contributed by atoms with Crippen LogP contribution in [-0.4, -0.2) is 21.1 Å². The molecule has 0 bridgehead atoms. The van der Waals surface area contributed by atoms with Gasteiger partial charge in [0.25, 0.3) is 0 Å². The summed E-state index contributed by atoms with van der Waals surface area (Å²) >= 11 is 1.62. The maximum atomic E-state index is 4.73. The van der Waals surface area contributed by atoms with E-state index in [1.54, 1.807) is 11.3 Å². The van der Waals surface area contributed by atoms with Gasteiger partial charge in [0, 0.05) is 12.1 Å². The number of hydrogen-bond donors (Lipinski definition) is 1. The van der Waals surface area contributed by atoms with Crippen molar-refractivity contribution in [3.05, 3.63) is 48.7 Å². The standard InChI is InChI=1S/C18H16N4S/c1-2-4-14-9-15(8-7-13(14)3-1)16-11-22-18(20-16)23-17(21-22)19-10-12-5-6-12/h1-4,7-9,11-12H,5-6,10H2,(H,19,21). The van der Waals surface area contributed by atoms with E-state index in [1.807, 2.05) is 10.7 Å². The number of nitrogens with one attached hydrogen (secondary N) is 1. The van der Waals surface area contributed by atoms with Crippen LogP contribution < -0.4 is 5.32 Å². The van der Waals surface area contributed by atoms with Gasteiger partial charge in [-0.25, -0.2) is 9.50 Å². The van der Waals surface area contributed by atoms with Gasteiger partial charge in [0.05, 0.1) is 11.9 Å². The second-order valence-electron chi connectivity index (χ2n) is 6.15. The van der Waals surface area contributed by atoms with Gasteiger partial charge in [-0.1, -0.05) is 47.7 Å². The first-order chi connectivity index (χ1) is 11.3. The molecular formula is C18H16N4S. The lowest BCUT2D eigenvalue weighted by molar-refractivity contribution is 0.874. The normalized spacial score (nSPS) is 14.6. The van der Waals surface area contributed by atoms with Crippen molar-refractivity contribution in [3.8, 4) is 11.3 Å². The number of imidazole rings is 1. The fourth-order valence-corrected chi connectivity index (χ4v) is 3.60. The summed E-state index contributed by atoms with van der Waals surface area (Å²) in [5, 5.41) is 11.4. The summed E-state index contributed by atoms with van der Waals surface area (Å²) < 4.78 is 1.88. The molecule has 2 heterocycles. The van der Waals surface area contributed by atoms with E-state index in [1.165, 1.54) is 23.6 Å². The Kier molecular flexibility index (Phi) is 2.88. The van der Waals surface area contributed by atoms with Gasteiger partial charge in [-0.15, -0.1) is 5.10 Å². The van der Waals surface area contributed by atoms with Crippen LogP contribution in [0.1, 0.15) is 12.8 Å². The molecule has 23 heavy (non-hydrogen) atoms. The van der Waals surface area contributed by atoms with Gasteiger partial charge in [-0.05, 0) is 35.6 Å². The molecule has 1 saturated carbocycles. The molecule has 114 valence electrons. The zero-order valence-electron chi connectivity index (χ0n) is 12.6. The second-order valence-corrected chi connectivity index (χ2v) is 7.10. The van der Waals surface area contributed by atoms with Crippen molar-refractivity contribution >= 4 is 32.2 Å². The molecule has 1 fully saturated rings. The average molecular weight is 320 g/mol. The van der Waals surface area contributed by atoms with Crippen LogP contribution in [-0.2, 0) is 0 Å². The Morgan fingerprint density at radius 3 is 2.83 bits per heavy atom. The van der Waals surface area contributed by atoms with E-state index in [4.69, 9.17) is 4.98 Å². The third-order valence-corrected chi connectivity index (χ3v) is 5.21. The second kappa shape index (κ2) is 5.06. The number of nitrogens with zero attached hydrogens (tertiary/aromatic N) is 3. The lowest BCUT2D eigenvalue weighted by Gasteiger charge is -2.00. The monoisotopic (exact) mass is 320 g/mol. The van der Waals surface area contributed by atoms with Gasteiger partial charge >= 0.3 is 0 Å². The largest absolute Gasteiger partial charge is 0.360 e. The van der Waals surface area contributed by atoms with Crippen LogP contribution >= 0.6 is 11.3 Å². The number of hydrogen-bond acceptors (Lipinski definition) is 4. The molecule has 0 unspecified atom stereocenters. The van der Waals surface area contributed by atoms with Gasteiger partial charge in [-0.2, -0.15) is 0 Å². The molecule has 5 rings (SSSR count). The SMILES string of the molecule is c1ccc2cc(-c3cn4nc(NCC5CC5)sc4n3)ccc2c1. The van der Waals surface area contributed by atoms with Crippen molar-refractivity contribution < 1.29 is 0 Å². The van der Waals surface area contributed by atoms with Crippen LogP contribution in [0.5, 0.6) is 0 Å². The third-order valence-electron chi connectivity index (χ3n) is 4.33. The van der Waals surface area contributed by atoms with Gasteiger partial charge in [-0.3, -0.25) is 0 Å². The van der Waals surface area contributed by atoms with Crippen molar-refractivity contribution in [3.63, 3.8) is 0 Å². The Balaban J connectivity index is 1.47. The van der Waals surface area contributed by atoms with Crippen LogP contribution in [0.4, 0.5) is 5.13 Å². The van der Waals surface area contributed by atoms with E-state index in [9.17, 15) is 0 Å². The van der Waals surface area contributed by atoms with Crippen molar-refractivity contribution in [1.29, 1.82) is 0 Å². The van der Waals surface area contributed by atoms with Crippen LogP contribution in [0.2, 0.25) is 0 Å². The Hall–Kier alpha value is -2.40. The molecule has 5 heteroatoms. The highest BCUT2D eigenvalue weighted by Crippen LogP contribution is 2.30. The molecule has 1 N–H and O–H groups in total. The van der Waals surface area contributed by atoms with Crippen molar-refractivity contribution in [1.82, 2.24) is 14.6 Å². The van der Waals surface area contributed by atoms with Gasteiger partial charge in [0.1, 0.15) is 0 Å². The van der Waals surface area contributed by atoms with Crippen molar-refractivity contribution in [2.45, 2.75) is 12.8 Å². The third kappa shape index (κ3) is 2.47. The zero-order valence-corrected chi connectivity index (χ0v) is 13.4. The van der Waals surface area contributed by atoms with E-state index < -0.39 is 0 Å². The van der Waals surface area contributed by atoms with Crippen LogP contribution in [0.15, 0.2) is 48.7 Å². The summed E-state index contributed by atoms with van der Waals surface area (Å²) in [6, 6.07) is 14.9. The summed E-state index contributed by atoms with van der Waals surface area (Å²) in [6.07, 6.45) is 4.71. The predicted octanol–water partition coefficient (Wildman–Crippen LogP) is 4.43. The first-order valence-corrected chi connectivity index (χ1v) is 8.76. The van der Waals surface area contributed by atoms with Crippen LogP contribution in [0.25, 0.3) is 27.0 Å². The Labute approximate surface area is 137 Å². The molecule has 1 aliphatic carbocycles. The minimum absolute atomic E-state index is 0.847. The molecule has 4 nitrogen and oxygen atoms in total. The van der Waals surface area contributed by atoms with E-state index in [-0.39, 0.29) is 0 Å². The molecule has 0 saturated heterocycles. The quantitative estimate of drug-likeness (QED) is 0.605. The predicted molar refractivity (Wildman–Crippen MR) is 95.0 cm³/mol. The molecule has 0 amide bonds. The fraction of sp³-hybridized carbons (Fsp3) is 0.222. The highest BCUT2D eigenvalue weighted by atomic mass is 32.1. The highest BCUT2D eigenvalue weighted by Gasteiger charge is 2.21. The number of rotatable bonds is 4. The molecule has 4 aromatic rings. The molecule has 0 aliphatic heterocycles. The number of aromatic nitrogens is 3. The highest BCUT2D eigenvalue weighted by molar-refractivity contribution is 7.20. The van der Waals surface area contributed by atoms with Crippen LogP contribution in [0.3, 0.4) is 0 Å². The Morgan fingerprint density at radius 1 is 1.13 bits per heavy atom. The van der Waals surface area contributed by atoms with Gasteiger partial charge < -0.3 is 5.32 Å². The average Bonchev–Trinajstić information content (AvgIpc) is 3.21. The molecule has 0 atom stereocenters. The smallest absolute Gasteiger partial charge is 0.214 e. The summed E-state index contributed by atoms with van der Waals surface area (Å²) in [4.78, 5) is 5.67. The number of benzene rings is 2. The van der Waals surface area contributed by atoms with Crippen molar-refractivity contribution in [2.24, 2.45) is 5.92 Å². The van der Waals surface area contributed by atoms with E-state index in [2.05, 4.69) is 52.9 Å². The minimum atomic E-state index is 0.847. The summed E-state index contributed by atoms with van der Waals surface area (Å²) in [6.45, 7) is 1.04. The lowest BCUT2D eigenvalue weighted by atomic mass is 10.1. The lowest BCUT2D eigenvalue weighted by Crippen LogP contribution is -2.02. The van der Waals surface area contributed by atoms with Gasteiger partial charge in [0.15, 0.2) is 0 Å². The van der Waals surface area contributed by atoms with E-state index in [0.29, 0.717) is 0 Å². The molecule has 2 aromatic carbocycles. The van der Waals surface area contributed by atoms with Crippen LogP contribution in [0, 0.1) is 5.92 Å². The fourth-order valence-electron chi connectivity index (χ4n) is 2.81. The van der Waals surface area contributed by atoms with E-state index >= 15 is 0 Å². The van der Waals surface area contributed by atoms with Crippen molar-refractivity contribution in [2.75, 3.05) is 11.9 Å².